The molecule has 1 aromatic rings. The maximum atomic E-state index is 12.0. The van der Waals surface area contributed by atoms with E-state index in [0.717, 1.165) is 0 Å². The van der Waals surface area contributed by atoms with Crippen LogP contribution in [-0.4, -0.2) is 42.8 Å². The third kappa shape index (κ3) is 3.57. The second kappa shape index (κ2) is 6.18. The van der Waals surface area contributed by atoms with Crippen molar-refractivity contribution < 1.29 is 14.4 Å². The van der Waals surface area contributed by atoms with Crippen molar-refractivity contribution in [2.75, 3.05) is 25.5 Å². The zero-order chi connectivity index (χ0) is 14.5. The number of para-hydroxylation sites is 1. The molecule has 3 amide bonds. The van der Waals surface area contributed by atoms with Crippen LogP contribution >= 0.6 is 0 Å². The van der Waals surface area contributed by atoms with Gasteiger partial charge in [0, 0.05) is 25.7 Å². The second-order valence-electron chi connectivity index (χ2n) is 4.81. The lowest BCUT2D eigenvalue weighted by Gasteiger charge is -2.19. The Labute approximate surface area is 117 Å². The van der Waals surface area contributed by atoms with Crippen LogP contribution in [0.15, 0.2) is 30.3 Å². The number of nitrogens with one attached hydrogen (secondary N) is 2. The number of hydrogen-bond acceptors (Lipinski definition) is 3. The summed E-state index contributed by atoms with van der Waals surface area (Å²) in [4.78, 5) is 36.3. The van der Waals surface area contributed by atoms with Gasteiger partial charge in [-0.15, -0.1) is 0 Å². The molecule has 0 bridgehead atoms. The average molecular weight is 275 g/mol. The standard InChI is InChI=1S/C14H17N3O3/c1-17(14(20)10-7-12(18)15-8-10)9-13(19)16-11-5-3-2-4-6-11/h2-6,10H,7-9H2,1H3,(H,15,18)(H,16,19). The van der Waals surface area contributed by atoms with Crippen molar-refractivity contribution in [3.63, 3.8) is 0 Å². The fourth-order valence-electron chi connectivity index (χ4n) is 2.11. The number of rotatable bonds is 4. The largest absolute Gasteiger partial charge is 0.355 e. The van der Waals surface area contributed by atoms with Crippen molar-refractivity contribution >= 4 is 23.4 Å². The summed E-state index contributed by atoms with van der Waals surface area (Å²) >= 11 is 0. The third-order valence-electron chi connectivity index (χ3n) is 3.14. The number of likely N-dealkylation sites (N-methyl/N-ethyl adjacent to an activating group) is 1. The van der Waals surface area contributed by atoms with E-state index in [4.69, 9.17) is 0 Å². The van der Waals surface area contributed by atoms with E-state index < -0.39 is 0 Å². The van der Waals surface area contributed by atoms with Gasteiger partial charge in [-0.05, 0) is 12.1 Å². The Morgan fingerprint density at radius 1 is 1.35 bits per heavy atom. The van der Waals surface area contributed by atoms with Crippen molar-refractivity contribution in [2.24, 2.45) is 5.92 Å². The van der Waals surface area contributed by atoms with Crippen LogP contribution in [0, 0.1) is 5.92 Å². The van der Waals surface area contributed by atoms with E-state index >= 15 is 0 Å². The highest BCUT2D eigenvalue weighted by molar-refractivity contribution is 5.96. The highest BCUT2D eigenvalue weighted by Gasteiger charge is 2.30. The first-order valence-corrected chi connectivity index (χ1v) is 6.43. The van der Waals surface area contributed by atoms with Crippen molar-refractivity contribution in [3.05, 3.63) is 30.3 Å². The summed E-state index contributed by atoms with van der Waals surface area (Å²) in [5.41, 5.74) is 0.691. The molecule has 1 aliphatic rings. The summed E-state index contributed by atoms with van der Waals surface area (Å²) in [5, 5.41) is 5.32. The Balaban J connectivity index is 1.84. The van der Waals surface area contributed by atoms with Gasteiger partial charge in [0.15, 0.2) is 0 Å². The third-order valence-corrected chi connectivity index (χ3v) is 3.14. The number of carbonyl (C=O) groups is 3. The summed E-state index contributed by atoms with van der Waals surface area (Å²) in [5.74, 6) is -0.932. The molecule has 2 N–H and O–H groups in total. The highest BCUT2D eigenvalue weighted by Crippen LogP contribution is 2.12. The Kier molecular flexibility index (Phi) is 4.34. The van der Waals surface area contributed by atoms with Gasteiger partial charge in [-0.3, -0.25) is 14.4 Å². The molecule has 0 spiro atoms. The molecular formula is C14H17N3O3. The maximum Gasteiger partial charge on any atom is 0.243 e. The molecule has 106 valence electrons. The molecule has 2 rings (SSSR count). The van der Waals surface area contributed by atoms with Gasteiger partial charge in [0.2, 0.25) is 17.7 Å². The van der Waals surface area contributed by atoms with Crippen LogP contribution in [0.25, 0.3) is 0 Å². The molecule has 1 aromatic carbocycles. The fourth-order valence-corrected chi connectivity index (χ4v) is 2.11. The Morgan fingerprint density at radius 2 is 2.05 bits per heavy atom. The number of hydrogen-bond donors (Lipinski definition) is 2. The molecule has 1 heterocycles. The predicted molar refractivity (Wildman–Crippen MR) is 73.8 cm³/mol. The normalized spacial score (nSPS) is 17.4. The lowest BCUT2D eigenvalue weighted by molar-refractivity contribution is -0.137. The molecule has 1 saturated heterocycles. The van der Waals surface area contributed by atoms with Gasteiger partial charge in [-0.1, -0.05) is 18.2 Å². The SMILES string of the molecule is CN(CC(=O)Nc1ccccc1)C(=O)C1CNC(=O)C1. The maximum absolute atomic E-state index is 12.0. The minimum Gasteiger partial charge on any atom is -0.355 e. The average Bonchev–Trinajstić information content (AvgIpc) is 2.85. The number of amides is 3. The van der Waals surface area contributed by atoms with Crippen LogP contribution in [0.2, 0.25) is 0 Å². The predicted octanol–water partition coefficient (Wildman–Crippen LogP) is 0.220. The van der Waals surface area contributed by atoms with Crippen LogP contribution in [-0.2, 0) is 14.4 Å². The van der Waals surface area contributed by atoms with Crippen LogP contribution in [0.5, 0.6) is 0 Å². The van der Waals surface area contributed by atoms with E-state index in [9.17, 15) is 14.4 Å². The first kappa shape index (κ1) is 14.0. The van der Waals surface area contributed by atoms with Crippen molar-refractivity contribution in [3.8, 4) is 0 Å². The molecule has 1 fully saturated rings. The van der Waals surface area contributed by atoms with Gasteiger partial charge in [-0.25, -0.2) is 0 Å². The summed E-state index contributed by atoms with van der Waals surface area (Å²) in [6, 6.07) is 9.05. The van der Waals surface area contributed by atoms with E-state index in [1.165, 1.54) is 4.90 Å². The molecule has 0 radical (unpaired) electrons. The summed E-state index contributed by atoms with van der Waals surface area (Å²) in [6.45, 7) is 0.320. The van der Waals surface area contributed by atoms with Gasteiger partial charge in [-0.2, -0.15) is 0 Å². The van der Waals surface area contributed by atoms with Gasteiger partial charge in [0.1, 0.15) is 0 Å². The Bertz CT molecular complexity index is 516. The van der Waals surface area contributed by atoms with E-state index in [1.54, 1.807) is 19.2 Å². The van der Waals surface area contributed by atoms with Crippen LogP contribution in [0.1, 0.15) is 6.42 Å². The van der Waals surface area contributed by atoms with Gasteiger partial charge in [0.25, 0.3) is 0 Å². The second-order valence-corrected chi connectivity index (χ2v) is 4.81. The van der Waals surface area contributed by atoms with E-state index in [0.29, 0.717) is 12.2 Å². The summed E-state index contributed by atoms with van der Waals surface area (Å²) in [7, 11) is 1.57. The van der Waals surface area contributed by atoms with Gasteiger partial charge < -0.3 is 15.5 Å². The summed E-state index contributed by atoms with van der Waals surface area (Å²) < 4.78 is 0. The molecule has 1 atom stereocenters. The quantitative estimate of drug-likeness (QED) is 0.825. The van der Waals surface area contributed by atoms with Crippen LogP contribution < -0.4 is 10.6 Å². The number of anilines is 1. The number of carbonyl (C=O) groups excluding carboxylic acids is 3. The molecular weight excluding hydrogens is 258 g/mol. The monoisotopic (exact) mass is 275 g/mol. The molecule has 20 heavy (non-hydrogen) atoms. The zero-order valence-electron chi connectivity index (χ0n) is 11.3. The molecule has 0 saturated carbocycles. The van der Waals surface area contributed by atoms with Gasteiger partial charge in [0.05, 0.1) is 12.5 Å². The Hall–Kier alpha value is -2.37. The number of nitrogens with zero attached hydrogens (tertiary/aromatic N) is 1. The van der Waals surface area contributed by atoms with Crippen molar-refractivity contribution in [1.82, 2.24) is 10.2 Å². The summed E-state index contributed by atoms with van der Waals surface area (Å²) in [6.07, 6.45) is 0.198. The fraction of sp³-hybridized carbons (Fsp3) is 0.357. The minimum absolute atomic E-state index is 0.0293. The lowest BCUT2D eigenvalue weighted by Crippen LogP contribution is -2.39. The Morgan fingerprint density at radius 3 is 2.65 bits per heavy atom. The smallest absolute Gasteiger partial charge is 0.243 e. The first-order chi connectivity index (χ1) is 9.56. The molecule has 0 aliphatic carbocycles. The highest BCUT2D eigenvalue weighted by atomic mass is 16.2. The van der Waals surface area contributed by atoms with Crippen molar-refractivity contribution in [1.29, 1.82) is 0 Å². The van der Waals surface area contributed by atoms with Gasteiger partial charge >= 0.3 is 0 Å². The lowest BCUT2D eigenvalue weighted by atomic mass is 10.1. The molecule has 1 aliphatic heterocycles. The minimum atomic E-state index is -0.364. The molecule has 0 aromatic heterocycles. The molecule has 6 nitrogen and oxygen atoms in total. The van der Waals surface area contributed by atoms with Crippen LogP contribution in [0.3, 0.4) is 0 Å². The molecule has 1 unspecified atom stereocenters. The van der Waals surface area contributed by atoms with E-state index in [1.807, 2.05) is 18.2 Å². The topological polar surface area (TPSA) is 78.5 Å². The first-order valence-electron chi connectivity index (χ1n) is 6.43. The zero-order valence-corrected chi connectivity index (χ0v) is 11.3. The molecule has 6 heteroatoms. The van der Waals surface area contributed by atoms with E-state index in [-0.39, 0.29) is 36.6 Å². The van der Waals surface area contributed by atoms with Crippen LogP contribution in [0.4, 0.5) is 5.69 Å². The van der Waals surface area contributed by atoms with E-state index in [2.05, 4.69) is 10.6 Å². The number of benzene rings is 1. The van der Waals surface area contributed by atoms with Crippen molar-refractivity contribution in [2.45, 2.75) is 6.42 Å².